The second kappa shape index (κ2) is 6.99. The van der Waals surface area contributed by atoms with Crippen LogP contribution in [-0.2, 0) is 16.9 Å². The summed E-state index contributed by atoms with van der Waals surface area (Å²) in [5, 5.41) is 0. The maximum absolute atomic E-state index is 6.08. The summed E-state index contributed by atoms with van der Waals surface area (Å²) in [6.45, 7) is 0.691. The third-order valence-electron chi connectivity index (χ3n) is 3.99. The fourth-order valence-electron chi connectivity index (χ4n) is 2.94. The van der Waals surface area contributed by atoms with Gasteiger partial charge in [0.2, 0.25) is 5.89 Å². The van der Waals surface area contributed by atoms with Crippen molar-refractivity contribution in [2.75, 3.05) is 21.2 Å². The molecule has 0 unspecified atom stereocenters. The highest BCUT2D eigenvalue weighted by molar-refractivity contribution is 5.42. The monoisotopic (exact) mass is 322 g/mol. The van der Waals surface area contributed by atoms with E-state index in [0.29, 0.717) is 12.4 Å². The molecule has 3 aromatic rings. The summed E-state index contributed by atoms with van der Waals surface area (Å²) in [7, 11) is 5.69. The normalized spacial score (nSPS) is 11.8. The van der Waals surface area contributed by atoms with Gasteiger partial charge in [0.15, 0.2) is 5.60 Å². The van der Waals surface area contributed by atoms with Crippen LogP contribution in [0.2, 0.25) is 0 Å². The first-order valence-electron chi connectivity index (χ1n) is 7.93. The van der Waals surface area contributed by atoms with Crippen LogP contribution in [0.1, 0.15) is 22.8 Å². The summed E-state index contributed by atoms with van der Waals surface area (Å²) in [5.41, 5.74) is 1.10. The molecule has 0 fully saturated rings. The molecule has 2 aromatic carbocycles. The van der Waals surface area contributed by atoms with Crippen LogP contribution in [-0.4, -0.2) is 31.1 Å². The van der Waals surface area contributed by atoms with Gasteiger partial charge in [-0.25, -0.2) is 4.98 Å². The number of benzene rings is 2. The molecular formula is C20H22N2O2. The molecule has 0 aliphatic rings. The number of methoxy groups -OCH3 is 1. The van der Waals surface area contributed by atoms with E-state index in [1.54, 1.807) is 13.3 Å². The van der Waals surface area contributed by atoms with Crippen molar-refractivity contribution in [3.63, 3.8) is 0 Å². The standard InChI is InChI=1S/C20H22N2O2/c1-22(2)15-18-14-21-19(24-18)20(23-3,16-10-6-4-7-11-16)17-12-8-5-9-13-17/h4-14H,15H2,1-3H3. The van der Waals surface area contributed by atoms with Crippen molar-refractivity contribution in [1.29, 1.82) is 0 Å². The van der Waals surface area contributed by atoms with Crippen LogP contribution in [0, 0.1) is 0 Å². The van der Waals surface area contributed by atoms with E-state index in [0.717, 1.165) is 16.9 Å². The summed E-state index contributed by atoms with van der Waals surface area (Å²) in [6, 6.07) is 20.1. The minimum Gasteiger partial charge on any atom is -0.441 e. The summed E-state index contributed by atoms with van der Waals surface area (Å²) >= 11 is 0. The first kappa shape index (κ1) is 16.4. The molecule has 0 bridgehead atoms. The zero-order chi connectivity index (χ0) is 17.0. The van der Waals surface area contributed by atoms with E-state index in [4.69, 9.17) is 9.15 Å². The molecule has 24 heavy (non-hydrogen) atoms. The van der Waals surface area contributed by atoms with Crippen molar-refractivity contribution in [2.24, 2.45) is 0 Å². The van der Waals surface area contributed by atoms with Gasteiger partial charge in [-0.2, -0.15) is 0 Å². The van der Waals surface area contributed by atoms with Gasteiger partial charge in [0.05, 0.1) is 12.7 Å². The fraction of sp³-hybridized carbons (Fsp3) is 0.250. The molecule has 3 rings (SSSR count). The minimum atomic E-state index is -0.868. The molecule has 0 saturated carbocycles. The molecule has 0 atom stereocenters. The van der Waals surface area contributed by atoms with Gasteiger partial charge in [0, 0.05) is 7.11 Å². The minimum absolute atomic E-state index is 0.541. The van der Waals surface area contributed by atoms with Crippen molar-refractivity contribution >= 4 is 0 Å². The predicted octanol–water partition coefficient (Wildman–Crippen LogP) is 3.67. The highest BCUT2D eigenvalue weighted by Gasteiger charge is 2.41. The Balaban J connectivity index is 2.17. The zero-order valence-corrected chi connectivity index (χ0v) is 14.3. The van der Waals surface area contributed by atoms with E-state index in [-0.39, 0.29) is 0 Å². The second-order valence-electron chi connectivity index (χ2n) is 5.99. The second-order valence-corrected chi connectivity index (χ2v) is 5.99. The summed E-state index contributed by atoms with van der Waals surface area (Å²) < 4.78 is 12.1. The molecule has 4 heteroatoms. The van der Waals surface area contributed by atoms with Crippen LogP contribution >= 0.6 is 0 Å². The van der Waals surface area contributed by atoms with Crippen molar-refractivity contribution in [3.8, 4) is 0 Å². The topological polar surface area (TPSA) is 38.5 Å². The highest BCUT2D eigenvalue weighted by Crippen LogP contribution is 2.39. The Bertz CT molecular complexity index is 727. The van der Waals surface area contributed by atoms with E-state index >= 15 is 0 Å². The van der Waals surface area contributed by atoms with E-state index in [1.165, 1.54) is 0 Å². The molecule has 0 saturated heterocycles. The van der Waals surface area contributed by atoms with Crippen LogP contribution in [0.5, 0.6) is 0 Å². The van der Waals surface area contributed by atoms with E-state index in [1.807, 2.05) is 79.7 Å². The third-order valence-corrected chi connectivity index (χ3v) is 3.99. The fourth-order valence-corrected chi connectivity index (χ4v) is 2.94. The Hall–Kier alpha value is -2.43. The Morgan fingerprint density at radius 1 is 0.958 bits per heavy atom. The number of ether oxygens (including phenoxy) is 1. The van der Waals surface area contributed by atoms with Gasteiger partial charge >= 0.3 is 0 Å². The van der Waals surface area contributed by atoms with Gasteiger partial charge in [-0.1, -0.05) is 60.7 Å². The highest BCUT2D eigenvalue weighted by atomic mass is 16.5. The molecule has 4 nitrogen and oxygen atoms in total. The van der Waals surface area contributed by atoms with Crippen LogP contribution < -0.4 is 0 Å². The summed E-state index contributed by atoms with van der Waals surface area (Å²) in [4.78, 5) is 6.59. The van der Waals surface area contributed by atoms with Gasteiger partial charge in [0.1, 0.15) is 5.76 Å². The number of rotatable bonds is 6. The Kier molecular flexibility index (Phi) is 4.79. The van der Waals surface area contributed by atoms with Crippen LogP contribution in [0.4, 0.5) is 0 Å². The molecule has 0 aliphatic carbocycles. The average molecular weight is 322 g/mol. The van der Waals surface area contributed by atoms with Gasteiger partial charge in [0.25, 0.3) is 0 Å². The first-order chi connectivity index (χ1) is 11.7. The molecule has 0 aliphatic heterocycles. The lowest BCUT2D eigenvalue weighted by Crippen LogP contribution is -2.32. The molecule has 124 valence electrons. The number of hydrogen-bond donors (Lipinski definition) is 0. The molecular weight excluding hydrogens is 300 g/mol. The lowest BCUT2D eigenvalue weighted by molar-refractivity contribution is 0.0334. The number of nitrogens with zero attached hydrogens (tertiary/aromatic N) is 2. The number of aromatic nitrogens is 1. The molecule has 0 N–H and O–H groups in total. The lowest BCUT2D eigenvalue weighted by atomic mass is 9.86. The first-order valence-corrected chi connectivity index (χ1v) is 7.93. The van der Waals surface area contributed by atoms with Crippen LogP contribution in [0.25, 0.3) is 0 Å². The van der Waals surface area contributed by atoms with Gasteiger partial charge in [-0.15, -0.1) is 0 Å². The maximum Gasteiger partial charge on any atom is 0.236 e. The largest absolute Gasteiger partial charge is 0.441 e. The van der Waals surface area contributed by atoms with E-state index in [9.17, 15) is 0 Å². The van der Waals surface area contributed by atoms with Crippen molar-refractivity contribution in [1.82, 2.24) is 9.88 Å². The Labute approximate surface area is 142 Å². The maximum atomic E-state index is 6.08. The number of oxazole rings is 1. The van der Waals surface area contributed by atoms with Crippen LogP contribution in [0.15, 0.2) is 71.3 Å². The van der Waals surface area contributed by atoms with Crippen molar-refractivity contribution in [2.45, 2.75) is 12.1 Å². The summed E-state index contributed by atoms with van der Waals surface area (Å²) in [5.74, 6) is 1.35. The van der Waals surface area contributed by atoms with Crippen molar-refractivity contribution in [3.05, 3.63) is 89.6 Å². The van der Waals surface area contributed by atoms with E-state index < -0.39 is 5.60 Å². The van der Waals surface area contributed by atoms with Gasteiger partial charge in [-0.05, 0) is 25.2 Å². The summed E-state index contributed by atoms with van der Waals surface area (Å²) in [6.07, 6.45) is 1.77. The molecule has 0 amide bonds. The molecule has 0 radical (unpaired) electrons. The van der Waals surface area contributed by atoms with Gasteiger partial charge in [-0.3, -0.25) is 0 Å². The van der Waals surface area contributed by atoms with Crippen molar-refractivity contribution < 1.29 is 9.15 Å². The molecule has 0 spiro atoms. The smallest absolute Gasteiger partial charge is 0.236 e. The Morgan fingerprint density at radius 2 is 1.50 bits per heavy atom. The van der Waals surface area contributed by atoms with Gasteiger partial charge < -0.3 is 14.1 Å². The zero-order valence-electron chi connectivity index (χ0n) is 14.3. The Morgan fingerprint density at radius 3 is 1.96 bits per heavy atom. The molecule has 1 heterocycles. The average Bonchev–Trinajstić information content (AvgIpc) is 3.06. The lowest BCUT2D eigenvalue weighted by Gasteiger charge is -2.30. The predicted molar refractivity (Wildman–Crippen MR) is 93.7 cm³/mol. The van der Waals surface area contributed by atoms with Crippen LogP contribution in [0.3, 0.4) is 0 Å². The number of hydrogen-bond acceptors (Lipinski definition) is 4. The van der Waals surface area contributed by atoms with E-state index in [2.05, 4.69) is 4.98 Å². The SMILES string of the molecule is COC(c1ccccc1)(c1ccccc1)c1ncc(CN(C)C)o1. The third kappa shape index (κ3) is 2.98. The molecule has 1 aromatic heterocycles. The quantitative estimate of drug-likeness (QED) is 0.694.